The van der Waals surface area contributed by atoms with Gasteiger partial charge in [0.2, 0.25) is 9.05 Å². The van der Waals surface area contributed by atoms with Gasteiger partial charge in [0.25, 0.3) is 0 Å². The highest BCUT2D eigenvalue weighted by molar-refractivity contribution is 8.13. The third kappa shape index (κ3) is 3.36. The maximum Gasteiger partial charge on any atom is 0.233 e. The van der Waals surface area contributed by atoms with Gasteiger partial charge in [-0.2, -0.15) is 0 Å². The minimum atomic E-state index is -3.45. The molecule has 0 amide bonds. The molecule has 0 atom stereocenters. The quantitative estimate of drug-likeness (QED) is 0.727. The number of oxazole rings is 1. The first-order valence-corrected chi connectivity index (χ1v) is 6.21. The molecule has 0 aliphatic heterocycles. The molecule has 0 aliphatic rings. The van der Waals surface area contributed by atoms with E-state index in [2.05, 4.69) is 4.98 Å². The van der Waals surface area contributed by atoms with Crippen LogP contribution < -0.4 is 0 Å². The van der Waals surface area contributed by atoms with E-state index < -0.39 is 9.05 Å². The molecule has 1 aromatic heterocycles. The molecule has 0 aliphatic carbocycles. The van der Waals surface area contributed by atoms with E-state index in [0.29, 0.717) is 11.7 Å². The number of halogens is 1. The lowest BCUT2D eigenvalue weighted by Crippen LogP contribution is -2.01. The number of hydrogen-bond acceptors (Lipinski definition) is 4. The largest absolute Gasteiger partial charge is 0.446 e. The van der Waals surface area contributed by atoms with E-state index >= 15 is 0 Å². The predicted octanol–water partition coefficient (Wildman–Crippen LogP) is 1.40. The van der Waals surface area contributed by atoms with Crippen molar-refractivity contribution >= 4 is 19.7 Å². The molecule has 0 saturated heterocycles. The zero-order valence-electron chi connectivity index (χ0n) is 7.37. The molecule has 13 heavy (non-hydrogen) atoms. The molecule has 0 spiro atoms. The number of nitrogens with zero attached hydrogens (tertiary/aromatic N) is 1. The van der Waals surface area contributed by atoms with Crippen LogP contribution in [0.3, 0.4) is 0 Å². The maximum atomic E-state index is 10.6. The normalized spacial score (nSPS) is 11.9. The summed E-state index contributed by atoms with van der Waals surface area (Å²) in [5, 5.41) is 0. The lowest BCUT2D eigenvalue weighted by atomic mass is 10.4. The minimum Gasteiger partial charge on any atom is -0.446 e. The summed E-state index contributed by atoms with van der Waals surface area (Å²) in [7, 11) is 1.58. The third-order valence-corrected chi connectivity index (χ3v) is 2.79. The Labute approximate surface area is 81.3 Å². The molecule has 1 aromatic rings. The van der Waals surface area contributed by atoms with Crippen molar-refractivity contribution in [3.05, 3.63) is 17.3 Å². The van der Waals surface area contributed by atoms with Gasteiger partial charge in [0.1, 0.15) is 5.76 Å². The summed E-state index contributed by atoms with van der Waals surface area (Å²) < 4.78 is 26.4. The molecule has 0 fully saturated rings. The van der Waals surface area contributed by atoms with Gasteiger partial charge in [-0.3, -0.25) is 0 Å². The summed E-state index contributed by atoms with van der Waals surface area (Å²) >= 11 is 0. The van der Waals surface area contributed by atoms with E-state index in [1.165, 1.54) is 0 Å². The molecule has 0 radical (unpaired) electrons. The average Bonchev–Trinajstić information content (AvgIpc) is 2.27. The van der Waals surface area contributed by atoms with Gasteiger partial charge >= 0.3 is 0 Å². The summed E-state index contributed by atoms with van der Waals surface area (Å²) in [6.07, 6.45) is 0.223. The highest BCUT2D eigenvalue weighted by Crippen LogP contribution is 2.10. The van der Waals surface area contributed by atoms with Crippen LogP contribution in [0.15, 0.2) is 4.42 Å². The van der Waals surface area contributed by atoms with Crippen molar-refractivity contribution in [3.63, 3.8) is 0 Å². The van der Waals surface area contributed by atoms with Crippen LogP contribution in [0.2, 0.25) is 0 Å². The molecule has 1 heterocycles. The number of rotatable bonds is 3. The minimum absolute atomic E-state index is 0.145. The Morgan fingerprint density at radius 3 is 2.46 bits per heavy atom. The van der Waals surface area contributed by atoms with Gasteiger partial charge in [-0.05, 0) is 13.8 Å². The first-order valence-electron chi connectivity index (χ1n) is 3.74. The van der Waals surface area contributed by atoms with Gasteiger partial charge in [-0.25, -0.2) is 13.4 Å². The molecular formula is C7H10ClNO3S. The van der Waals surface area contributed by atoms with Crippen molar-refractivity contribution in [1.29, 1.82) is 0 Å². The Hall–Kier alpha value is -0.550. The summed E-state index contributed by atoms with van der Waals surface area (Å²) in [4.78, 5) is 4.02. The standard InChI is InChI=1S/C7H10ClNO3S/c1-5-6(2)12-7(9-5)3-4-13(8,10)11/h3-4H2,1-2H3. The molecular weight excluding hydrogens is 214 g/mol. The molecule has 74 valence electrons. The van der Waals surface area contributed by atoms with Crippen molar-refractivity contribution < 1.29 is 12.8 Å². The lowest BCUT2D eigenvalue weighted by molar-refractivity contribution is 0.476. The average molecular weight is 224 g/mol. The molecule has 0 saturated carbocycles. The van der Waals surface area contributed by atoms with Crippen molar-refractivity contribution in [2.24, 2.45) is 0 Å². The highest BCUT2D eigenvalue weighted by Gasteiger charge is 2.10. The zero-order chi connectivity index (χ0) is 10.1. The lowest BCUT2D eigenvalue weighted by Gasteiger charge is -1.91. The van der Waals surface area contributed by atoms with Crippen LogP contribution in [0.25, 0.3) is 0 Å². The van der Waals surface area contributed by atoms with Crippen LogP contribution in [0, 0.1) is 13.8 Å². The Morgan fingerprint density at radius 2 is 2.08 bits per heavy atom. The predicted molar refractivity (Wildman–Crippen MR) is 49.3 cm³/mol. The summed E-state index contributed by atoms with van der Waals surface area (Å²) in [5.41, 5.74) is 0.780. The van der Waals surface area contributed by atoms with Crippen LogP contribution in [-0.2, 0) is 15.5 Å². The second-order valence-corrected chi connectivity index (χ2v) is 5.64. The smallest absolute Gasteiger partial charge is 0.233 e. The van der Waals surface area contributed by atoms with E-state index in [-0.39, 0.29) is 12.2 Å². The van der Waals surface area contributed by atoms with E-state index in [9.17, 15) is 8.42 Å². The van der Waals surface area contributed by atoms with E-state index in [1.807, 2.05) is 0 Å². The van der Waals surface area contributed by atoms with E-state index in [4.69, 9.17) is 15.1 Å². The first kappa shape index (κ1) is 10.5. The Balaban J connectivity index is 2.66. The summed E-state index contributed by atoms with van der Waals surface area (Å²) in [6.45, 7) is 3.58. The summed E-state index contributed by atoms with van der Waals surface area (Å²) in [5.74, 6) is 0.981. The number of aryl methyl sites for hydroxylation is 3. The maximum absolute atomic E-state index is 10.6. The van der Waals surface area contributed by atoms with Crippen molar-refractivity contribution in [3.8, 4) is 0 Å². The van der Waals surface area contributed by atoms with Crippen molar-refractivity contribution in [1.82, 2.24) is 4.98 Å². The molecule has 1 rings (SSSR count). The first-order chi connectivity index (χ1) is 5.88. The Bertz CT molecular complexity index is 376. The molecule has 0 N–H and O–H groups in total. The Kier molecular flexibility index (Phi) is 2.98. The van der Waals surface area contributed by atoms with Crippen molar-refractivity contribution in [2.75, 3.05) is 5.75 Å². The fourth-order valence-electron chi connectivity index (χ4n) is 0.855. The highest BCUT2D eigenvalue weighted by atomic mass is 35.7. The number of aromatic nitrogens is 1. The van der Waals surface area contributed by atoms with E-state index in [1.54, 1.807) is 13.8 Å². The molecule has 0 bridgehead atoms. The molecule has 0 aromatic carbocycles. The molecule has 4 nitrogen and oxygen atoms in total. The van der Waals surface area contributed by atoms with Gasteiger partial charge < -0.3 is 4.42 Å². The second-order valence-electron chi connectivity index (χ2n) is 2.74. The fraction of sp³-hybridized carbons (Fsp3) is 0.571. The SMILES string of the molecule is Cc1nc(CCS(=O)(=O)Cl)oc1C. The van der Waals surface area contributed by atoms with Gasteiger partial charge in [0.15, 0.2) is 5.89 Å². The van der Waals surface area contributed by atoms with Crippen LogP contribution in [0.5, 0.6) is 0 Å². The van der Waals surface area contributed by atoms with Crippen LogP contribution in [-0.4, -0.2) is 19.2 Å². The van der Waals surface area contributed by atoms with Gasteiger partial charge in [-0.15, -0.1) is 0 Å². The van der Waals surface area contributed by atoms with Crippen molar-refractivity contribution in [2.45, 2.75) is 20.3 Å². The number of hydrogen-bond donors (Lipinski definition) is 0. The van der Waals surface area contributed by atoms with Gasteiger partial charge in [0.05, 0.1) is 11.4 Å². The van der Waals surface area contributed by atoms with Crippen LogP contribution in [0.1, 0.15) is 17.3 Å². The molecule has 6 heteroatoms. The summed E-state index contributed by atoms with van der Waals surface area (Å²) in [6, 6.07) is 0. The zero-order valence-corrected chi connectivity index (χ0v) is 8.94. The van der Waals surface area contributed by atoms with Gasteiger partial charge in [0, 0.05) is 17.1 Å². The fourth-order valence-corrected chi connectivity index (χ4v) is 1.51. The third-order valence-electron chi connectivity index (χ3n) is 1.63. The van der Waals surface area contributed by atoms with Crippen LogP contribution >= 0.6 is 10.7 Å². The Morgan fingerprint density at radius 1 is 1.46 bits per heavy atom. The van der Waals surface area contributed by atoms with Gasteiger partial charge in [-0.1, -0.05) is 0 Å². The van der Waals surface area contributed by atoms with E-state index in [0.717, 1.165) is 5.69 Å². The molecule has 0 unspecified atom stereocenters. The monoisotopic (exact) mass is 223 g/mol. The van der Waals surface area contributed by atoms with Crippen LogP contribution in [0.4, 0.5) is 0 Å². The second kappa shape index (κ2) is 3.67. The topological polar surface area (TPSA) is 60.2 Å².